The van der Waals surface area contributed by atoms with Crippen molar-refractivity contribution in [3.05, 3.63) is 97.2 Å². The number of carbonyl (C=O) groups excluding carboxylic acids is 2. The van der Waals surface area contributed by atoms with Crippen LogP contribution in [0.2, 0.25) is 0 Å². The highest BCUT2D eigenvalue weighted by atomic mass is 16.6. The van der Waals surface area contributed by atoms with E-state index in [0.29, 0.717) is 19.4 Å². The summed E-state index contributed by atoms with van der Waals surface area (Å²) in [6, 6.07) is 0. The van der Waals surface area contributed by atoms with Gasteiger partial charge in [-0.25, -0.2) is 0 Å². The lowest BCUT2D eigenvalue weighted by Crippen LogP contribution is -2.30. The summed E-state index contributed by atoms with van der Waals surface area (Å²) >= 11 is 0. The van der Waals surface area contributed by atoms with E-state index in [2.05, 4.69) is 118 Å². The lowest BCUT2D eigenvalue weighted by molar-refractivity contribution is -0.163. The summed E-state index contributed by atoms with van der Waals surface area (Å²) in [5.41, 5.74) is 0. The maximum atomic E-state index is 12.9. The summed E-state index contributed by atoms with van der Waals surface area (Å²) in [7, 11) is 0. The molecule has 0 radical (unpaired) electrons. The molecule has 0 amide bonds. The Morgan fingerprint density at radius 2 is 0.643 bits per heavy atom. The van der Waals surface area contributed by atoms with E-state index >= 15 is 0 Å². The van der Waals surface area contributed by atoms with Gasteiger partial charge in [0.05, 0.1) is 6.61 Å². The minimum Gasteiger partial charge on any atom is -0.462 e. The second-order valence-electron chi connectivity index (χ2n) is 19.5. The summed E-state index contributed by atoms with van der Waals surface area (Å²) < 4.78 is 17.5. The van der Waals surface area contributed by atoms with Gasteiger partial charge in [-0.15, -0.1) is 0 Å². The molecular formula is C65H112O5. The van der Waals surface area contributed by atoms with Crippen LogP contribution in [0.4, 0.5) is 0 Å². The fourth-order valence-electron chi connectivity index (χ4n) is 8.26. The first-order valence-corrected chi connectivity index (χ1v) is 29.8. The van der Waals surface area contributed by atoms with Crippen molar-refractivity contribution in [3.8, 4) is 0 Å². The molecule has 402 valence electrons. The molecule has 5 nitrogen and oxygen atoms in total. The second kappa shape index (κ2) is 60.1. The van der Waals surface area contributed by atoms with Crippen LogP contribution < -0.4 is 0 Å². The van der Waals surface area contributed by atoms with Crippen molar-refractivity contribution in [2.24, 2.45) is 0 Å². The van der Waals surface area contributed by atoms with Gasteiger partial charge in [-0.3, -0.25) is 9.59 Å². The molecule has 0 aliphatic rings. The molecule has 0 saturated heterocycles. The van der Waals surface area contributed by atoms with Crippen molar-refractivity contribution in [1.82, 2.24) is 0 Å². The molecule has 0 aromatic heterocycles. The molecule has 0 bridgehead atoms. The van der Waals surface area contributed by atoms with E-state index < -0.39 is 6.10 Å². The van der Waals surface area contributed by atoms with Crippen LogP contribution in [0.1, 0.15) is 278 Å². The average Bonchev–Trinajstić information content (AvgIpc) is 3.36. The molecule has 0 fully saturated rings. The van der Waals surface area contributed by atoms with E-state index in [-0.39, 0.29) is 25.2 Å². The van der Waals surface area contributed by atoms with Crippen LogP contribution in [0.5, 0.6) is 0 Å². The van der Waals surface area contributed by atoms with E-state index in [0.717, 1.165) is 109 Å². The Morgan fingerprint density at radius 3 is 1.03 bits per heavy atom. The van der Waals surface area contributed by atoms with E-state index in [9.17, 15) is 9.59 Å². The van der Waals surface area contributed by atoms with Crippen LogP contribution in [-0.2, 0) is 23.8 Å². The van der Waals surface area contributed by atoms with Gasteiger partial charge >= 0.3 is 11.9 Å². The van der Waals surface area contributed by atoms with Gasteiger partial charge in [-0.1, -0.05) is 266 Å². The topological polar surface area (TPSA) is 61.8 Å². The largest absolute Gasteiger partial charge is 0.462 e. The zero-order chi connectivity index (χ0) is 50.6. The number of ether oxygens (including phenoxy) is 3. The van der Waals surface area contributed by atoms with Crippen LogP contribution in [-0.4, -0.2) is 37.9 Å². The zero-order valence-electron chi connectivity index (χ0n) is 46.3. The Balaban J connectivity index is 4.33. The van der Waals surface area contributed by atoms with E-state index in [1.165, 1.54) is 135 Å². The molecule has 0 rings (SSSR count). The van der Waals surface area contributed by atoms with E-state index in [4.69, 9.17) is 14.2 Å². The van der Waals surface area contributed by atoms with Gasteiger partial charge in [-0.05, 0) is 96.3 Å². The fraction of sp³-hybridized carbons (Fsp3) is 0.723. The van der Waals surface area contributed by atoms with Crippen LogP contribution >= 0.6 is 0 Å². The van der Waals surface area contributed by atoms with Crippen molar-refractivity contribution in [2.45, 2.75) is 284 Å². The highest BCUT2D eigenvalue weighted by Gasteiger charge is 2.17. The van der Waals surface area contributed by atoms with Crippen molar-refractivity contribution in [1.29, 1.82) is 0 Å². The first-order valence-electron chi connectivity index (χ1n) is 29.8. The van der Waals surface area contributed by atoms with Crippen LogP contribution in [0.3, 0.4) is 0 Å². The zero-order valence-corrected chi connectivity index (χ0v) is 46.3. The Labute approximate surface area is 434 Å². The maximum absolute atomic E-state index is 12.9. The molecule has 0 aliphatic heterocycles. The number of hydrogen-bond donors (Lipinski definition) is 0. The van der Waals surface area contributed by atoms with Crippen molar-refractivity contribution < 1.29 is 23.8 Å². The lowest BCUT2D eigenvalue weighted by Gasteiger charge is -2.18. The molecule has 0 aromatic rings. The van der Waals surface area contributed by atoms with Gasteiger partial charge in [0.1, 0.15) is 6.61 Å². The predicted molar refractivity (Wildman–Crippen MR) is 306 cm³/mol. The Bertz CT molecular complexity index is 1330. The Morgan fingerprint density at radius 1 is 0.329 bits per heavy atom. The summed E-state index contributed by atoms with van der Waals surface area (Å²) in [5.74, 6) is -0.425. The van der Waals surface area contributed by atoms with E-state index in [1.807, 2.05) is 0 Å². The second-order valence-corrected chi connectivity index (χ2v) is 19.5. The number of hydrogen-bond acceptors (Lipinski definition) is 5. The molecule has 0 spiro atoms. The standard InChI is InChI=1S/C65H112O5/c1-4-7-10-13-16-19-22-25-28-30-32-34-36-39-42-45-48-51-54-57-60-68-61-63(70-65(67)59-56-53-50-47-44-41-37-27-24-21-18-15-12-9-6-3)62-69-64(66)58-55-52-49-46-43-40-38-35-33-31-29-26-23-20-17-14-11-8-5-2/h7,9-10,12,16,18-19,21,25,27-28,32,34,37,39,42,63H,4-6,8,11,13-15,17,20,22-24,26,29-31,33,35-36,38,40-41,43-62H2,1-3H3/b10-7-,12-9-,19-16-,21-18-,28-25-,34-32-,37-27-,42-39-. The van der Waals surface area contributed by atoms with E-state index in [1.54, 1.807) is 0 Å². The molecule has 0 N–H and O–H groups in total. The number of allylic oxidation sites excluding steroid dienone is 16. The monoisotopic (exact) mass is 973 g/mol. The molecule has 70 heavy (non-hydrogen) atoms. The normalized spacial score (nSPS) is 12.9. The maximum Gasteiger partial charge on any atom is 0.306 e. The predicted octanol–water partition coefficient (Wildman–Crippen LogP) is 20.6. The summed E-state index contributed by atoms with van der Waals surface area (Å²) in [6.45, 7) is 7.56. The highest BCUT2D eigenvalue weighted by molar-refractivity contribution is 5.70. The number of rotatable bonds is 54. The molecule has 0 aliphatic carbocycles. The van der Waals surface area contributed by atoms with Crippen LogP contribution in [0.15, 0.2) is 97.2 Å². The van der Waals surface area contributed by atoms with Crippen LogP contribution in [0.25, 0.3) is 0 Å². The lowest BCUT2D eigenvalue weighted by atomic mass is 10.0. The van der Waals surface area contributed by atoms with Gasteiger partial charge in [0.25, 0.3) is 0 Å². The molecule has 1 unspecified atom stereocenters. The quantitative estimate of drug-likeness (QED) is 0.0345. The Kier molecular flexibility index (Phi) is 57.4. The SMILES string of the molecule is CC/C=C\C/C=C\C/C=C\C/C=C\C/C=C\CCCCCCOCC(COC(=O)CCCCCCCCCCCCCCCCCCCCC)OC(=O)CCCCCCC/C=C\C/C=C\C/C=C\CC. The van der Waals surface area contributed by atoms with Gasteiger partial charge in [-0.2, -0.15) is 0 Å². The molecule has 0 aromatic carbocycles. The van der Waals surface area contributed by atoms with Gasteiger partial charge in [0.2, 0.25) is 0 Å². The minimum atomic E-state index is -0.564. The minimum absolute atomic E-state index is 0.0656. The summed E-state index contributed by atoms with van der Waals surface area (Å²) in [4.78, 5) is 25.6. The molecule has 0 saturated carbocycles. The third kappa shape index (κ3) is 57.4. The van der Waals surface area contributed by atoms with Crippen LogP contribution in [0, 0.1) is 0 Å². The fourth-order valence-corrected chi connectivity index (χ4v) is 8.26. The van der Waals surface area contributed by atoms with Gasteiger partial charge in [0, 0.05) is 19.4 Å². The van der Waals surface area contributed by atoms with Gasteiger partial charge < -0.3 is 14.2 Å². The van der Waals surface area contributed by atoms with Gasteiger partial charge in [0.15, 0.2) is 6.10 Å². The molecule has 0 heterocycles. The smallest absolute Gasteiger partial charge is 0.306 e. The first-order chi connectivity index (χ1) is 34.6. The molecular weight excluding hydrogens is 861 g/mol. The summed E-state index contributed by atoms with van der Waals surface area (Å²) in [6.07, 6.45) is 81.5. The van der Waals surface area contributed by atoms with Crippen molar-refractivity contribution in [3.63, 3.8) is 0 Å². The number of esters is 2. The highest BCUT2D eigenvalue weighted by Crippen LogP contribution is 2.16. The van der Waals surface area contributed by atoms with Crippen molar-refractivity contribution in [2.75, 3.05) is 19.8 Å². The first kappa shape index (κ1) is 66.8. The Hall–Kier alpha value is -3.18. The molecule has 1 atom stereocenters. The average molecular weight is 974 g/mol. The summed E-state index contributed by atoms with van der Waals surface area (Å²) in [5, 5.41) is 0. The number of carbonyl (C=O) groups is 2. The number of unbranched alkanes of at least 4 members (excludes halogenated alkanes) is 27. The third-order valence-corrected chi connectivity index (χ3v) is 12.6. The third-order valence-electron chi connectivity index (χ3n) is 12.6. The molecule has 5 heteroatoms. The van der Waals surface area contributed by atoms with Crippen molar-refractivity contribution >= 4 is 11.9 Å².